The van der Waals surface area contributed by atoms with Gasteiger partial charge >= 0.3 is 0 Å². The fourth-order valence-corrected chi connectivity index (χ4v) is 5.18. The fourth-order valence-electron chi connectivity index (χ4n) is 3.31. The monoisotopic (exact) mass is 316 g/mol. The van der Waals surface area contributed by atoms with Crippen LogP contribution in [0.15, 0.2) is 42.5 Å². The Morgan fingerprint density at radius 3 is 2.18 bits per heavy atom. The summed E-state index contributed by atoms with van der Waals surface area (Å²) in [6.45, 7) is 6.47. The molecule has 22 heavy (non-hydrogen) atoms. The SMILES string of the molecule is Cc1cc(C)c(C2OCC2P(=O)(O)c2ccccc2)c(C)c1. The summed E-state index contributed by atoms with van der Waals surface area (Å²) in [4.78, 5) is 10.6. The second kappa shape index (κ2) is 5.66. The Kier molecular flexibility index (Phi) is 3.98. The predicted molar refractivity (Wildman–Crippen MR) is 89.0 cm³/mol. The standard InChI is InChI=1S/C18H21O3P/c1-12-9-13(2)17(14(3)10-12)18-16(11-21-18)22(19,20)15-7-5-4-6-8-15/h4-10,16,18H,11H2,1-3H3,(H,19,20). The number of rotatable bonds is 3. The average Bonchev–Trinajstić information content (AvgIpc) is 2.41. The van der Waals surface area contributed by atoms with Gasteiger partial charge in [-0.1, -0.05) is 35.9 Å². The molecular formula is C18H21O3P. The van der Waals surface area contributed by atoms with Crippen molar-refractivity contribution in [1.29, 1.82) is 0 Å². The highest BCUT2D eigenvalue weighted by Gasteiger charge is 2.47. The van der Waals surface area contributed by atoms with E-state index in [9.17, 15) is 9.46 Å². The van der Waals surface area contributed by atoms with E-state index in [0.29, 0.717) is 11.9 Å². The molecule has 0 spiro atoms. The minimum atomic E-state index is -3.45. The van der Waals surface area contributed by atoms with Gasteiger partial charge in [0.15, 0.2) is 0 Å². The predicted octanol–water partition coefficient (Wildman–Crippen LogP) is 3.65. The third-order valence-corrected chi connectivity index (χ3v) is 6.75. The third-order valence-electron chi connectivity index (χ3n) is 4.39. The molecule has 0 bridgehead atoms. The summed E-state index contributed by atoms with van der Waals surface area (Å²) < 4.78 is 18.7. The minimum absolute atomic E-state index is 0.295. The van der Waals surface area contributed by atoms with E-state index in [2.05, 4.69) is 19.1 Å². The fraction of sp³-hybridized carbons (Fsp3) is 0.333. The number of aryl methyl sites for hydroxylation is 3. The van der Waals surface area contributed by atoms with Crippen molar-refractivity contribution in [3.05, 3.63) is 64.7 Å². The smallest absolute Gasteiger partial charge is 0.237 e. The highest BCUT2D eigenvalue weighted by atomic mass is 31.2. The van der Waals surface area contributed by atoms with Crippen LogP contribution in [0.4, 0.5) is 0 Å². The second-order valence-corrected chi connectivity index (χ2v) is 8.52. The maximum atomic E-state index is 12.9. The third kappa shape index (κ3) is 2.54. The molecule has 1 aliphatic heterocycles. The summed E-state index contributed by atoms with van der Waals surface area (Å²) >= 11 is 0. The van der Waals surface area contributed by atoms with Gasteiger partial charge in [-0.15, -0.1) is 0 Å². The highest BCUT2D eigenvalue weighted by molar-refractivity contribution is 7.66. The molecule has 0 aliphatic carbocycles. The first kappa shape index (κ1) is 15.5. The van der Waals surface area contributed by atoms with Crippen LogP contribution in [0.3, 0.4) is 0 Å². The molecule has 0 amide bonds. The van der Waals surface area contributed by atoms with Gasteiger partial charge < -0.3 is 9.63 Å². The van der Waals surface area contributed by atoms with Gasteiger partial charge in [-0.25, -0.2) is 0 Å². The van der Waals surface area contributed by atoms with Crippen LogP contribution in [0.1, 0.15) is 28.4 Å². The van der Waals surface area contributed by atoms with E-state index in [1.165, 1.54) is 5.56 Å². The van der Waals surface area contributed by atoms with E-state index < -0.39 is 7.37 Å². The zero-order valence-electron chi connectivity index (χ0n) is 13.1. The second-order valence-electron chi connectivity index (χ2n) is 6.09. The van der Waals surface area contributed by atoms with Gasteiger partial charge in [0.1, 0.15) is 0 Å². The van der Waals surface area contributed by atoms with Crippen molar-refractivity contribution < 1.29 is 14.2 Å². The van der Waals surface area contributed by atoms with Crippen molar-refractivity contribution in [3.8, 4) is 0 Å². The lowest BCUT2D eigenvalue weighted by molar-refractivity contribution is -0.0509. The largest absolute Gasteiger partial charge is 0.372 e. The van der Waals surface area contributed by atoms with Crippen molar-refractivity contribution in [2.24, 2.45) is 0 Å². The molecule has 3 atom stereocenters. The molecule has 0 aromatic heterocycles. The molecule has 0 saturated carbocycles. The Bertz CT molecular complexity index is 716. The van der Waals surface area contributed by atoms with E-state index in [0.717, 1.165) is 16.7 Å². The molecular weight excluding hydrogens is 295 g/mol. The maximum Gasteiger partial charge on any atom is 0.237 e. The Morgan fingerprint density at radius 1 is 1.09 bits per heavy atom. The molecule has 1 N–H and O–H groups in total. The summed E-state index contributed by atoms with van der Waals surface area (Å²) in [5, 5.41) is 0.510. The first-order chi connectivity index (χ1) is 10.4. The zero-order valence-corrected chi connectivity index (χ0v) is 14.0. The van der Waals surface area contributed by atoms with E-state index in [1.807, 2.05) is 19.9 Å². The molecule has 3 nitrogen and oxygen atoms in total. The molecule has 0 radical (unpaired) electrons. The van der Waals surface area contributed by atoms with Gasteiger partial charge in [0.05, 0.1) is 18.4 Å². The van der Waals surface area contributed by atoms with Crippen LogP contribution < -0.4 is 5.30 Å². The van der Waals surface area contributed by atoms with E-state index in [-0.39, 0.29) is 11.8 Å². The molecule has 2 aromatic carbocycles. The van der Waals surface area contributed by atoms with Crippen molar-refractivity contribution in [3.63, 3.8) is 0 Å². The molecule has 1 aliphatic rings. The van der Waals surface area contributed by atoms with Gasteiger partial charge in [-0.05, 0) is 49.6 Å². The van der Waals surface area contributed by atoms with Crippen LogP contribution in [-0.2, 0) is 9.30 Å². The summed E-state index contributed by atoms with van der Waals surface area (Å²) in [6, 6.07) is 13.1. The van der Waals surface area contributed by atoms with Gasteiger partial charge in [-0.3, -0.25) is 4.57 Å². The van der Waals surface area contributed by atoms with Crippen molar-refractivity contribution in [2.75, 3.05) is 6.61 Å². The Labute approximate surface area is 131 Å². The molecule has 2 aromatic rings. The molecule has 1 heterocycles. The zero-order chi connectivity index (χ0) is 15.9. The molecule has 1 saturated heterocycles. The summed E-state index contributed by atoms with van der Waals surface area (Å²) in [6.07, 6.45) is -0.295. The molecule has 3 rings (SSSR count). The summed E-state index contributed by atoms with van der Waals surface area (Å²) in [5.41, 5.74) is 4.15. The van der Waals surface area contributed by atoms with Crippen LogP contribution >= 0.6 is 7.37 Å². The van der Waals surface area contributed by atoms with Gasteiger partial charge in [0, 0.05) is 5.30 Å². The van der Waals surface area contributed by atoms with Crippen LogP contribution in [0.2, 0.25) is 0 Å². The molecule has 4 heteroatoms. The van der Waals surface area contributed by atoms with Crippen molar-refractivity contribution >= 4 is 12.7 Å². The normalized spacial score (nSPS) is 23.6. The van der Waals surface area contributed by atoms with Crippen molar-refractivity contribution in [2.45, 2.75) is 32.5 Å². The van der Waals surface area contributed by atoms with Gasteiger partial charge in [-0.2, -0.15) is 0 Å². The molecule has 116 valence electrons. The van der Waals surface area contributed by atoms with Gasteiger partial charge in [0.25, 0.3) is 0 Å². The summed E-state index contributed by atoms with van der Waals surface area (Å²) in [5.74, 6) is 0. The topological polar surface area (TPSA) is 46.5 Å². The Morgan fingerprint density at radius 2 is 1.68 bits per heavy atom. The lowest BCUT2D eigenvalue weighted by Gasteiger charge is -2.41. The van der Waals surface area contributed by atoms with E-state index in [1.54, 1.807) is 24.3 Å². The van der Waals surface area contributed by atoms with Crippen LogP contribution in [0.5, 0.6) is 0 Å². The van der Waals surface area contributed by atoms with Crippen molar-refractivity contribution in [1.82, 2.24) is 0 Å². The lowest BCUT2D eigenvalue weighted by Crippen LogP contribution is -2.40. The quantitative estimate of drug-likeness (QED) is 0.879. The summed E-state index contributed by atoms with van der Waals surface area (Å²) in [7, 11) is -3.45. The first-order valence-corrected chi connectivity index (χ1v) is 9.21. The van der Waals surface area contributed by atoms with Crippen LogP contribution in [-0.4, -0.2) is 17.2 Å². The minimum Gasteiger partial charge on any atom is -0.372 e. The Hall–Kier alpha value is -1.41. The highest BCUT2D eigenvalue weighted by Crippen LogP contribution is 2.56. The van der Waals surface area contributed by atoms with E-state index >= 15 is 0 Å². The van der Waals surface area contributed by atoms with Crippen LogP contribution in [0, 0.1) is 20.8 Å². The van der Waals surface area contributed by atoms with Crippen LogP contribution in [0.25, 0.3) is 0 Å². The number of ether oxygens (including phenoxy) is 1. The number of hydrogen-bond donors (Lipinski definition) is 1. The average molecular weight is 316 g/mol. The first-order valence-electron chi connectivity index (χ1n) is 7.48. The number of hydrogen-bond acceptors (Lipinski definition) is 2. The maximum absolute atomic E-state index is 12.9. The Balaban J connectivity index is 1.97. The molecule has 1 fully saturated rings. The lowest BCUT2D eigenvalue weighted by atomic mass is 9.92. The molecule has 3 unspecified atom stereocenters. The number of benzene rings is 2. The van der Waals surface area contributed by atoms with Gasteiger partial charge in [0.2, 0.25) is 7.37 Å². The van der Waals surface area contributed by atoms with E-state index in [4.69, 9.17) is 4.74 Å².